The van der Waals surface area contributed by atoms with Crippen LogP contribution in [0.25, 0.3) is 0 Å². The Morgan fingerprint density at radius 2 is 2.00 bits per heavy atom. The fourth-order valence-electron chi connectivity index (χ4n) is 1.68. The van der Waals surface area contributed by atoms with Crippen LogP contribution in [0.15, 0.2) is 28.7 Å². The second-order valence-corrected chi connectivity index (χ2v) is 5.01. The van der Waals surface area contributed by atoms with Crippen LogP contribution in [0.1, 0.15) is 12.5 Å². The maximum atomic E-state index is 5.67. The molecule has 2 rings (SSSR count). The van der Waals surface area contributed by atoms with E-state index >= 15 is 0 Å². The number of nitrogens with two attached hydrogens (primary N) is 1. The second kappa shape index (κ2) is 6.51. The zero-order chi connectivity index (χ0) is 14.5. The summed E-state index contributed by atoms with van der Waals surface area (Å²) < 4.78 is 6.31. The number of ether oxygens (including phenoxy) is 1. The molecule has 0 saturated carbocycles. The number of benzene rings is 1. The Balaban J connectivity index is 2.20. The highest BCUT2D eigenvalue weighted by Crippen LogP contribution is 2.20. The SMILES string of the molecule is CCOc1nc(N)nc(N(C)Cc2ccccc2Br)n1. The molecule has 20 heavy (non-hydrogen) atoms. The Morgan fingerprint density at radius 1 is 1.25 bits per heavy atom. The van der Waals surface area contributed by atoms with Gasteiger partial charge < -0.3 is 15.4 Å². The molecule has 6 nitrogen and oxygen atoms in total. The topological polar surface area (TPSA) is 77.2 Å². The number of anilines is 2. The van der Waals surface area contributed by atoms with E-state index in [-0.39, 0.29) is 12.0 Å². The van der Waals surface area contributed by atoms with Gasteiger partial charge in [0, 0.05) is 18.1 Å². The van der Waals surface area contributed by atoms with Crippen LogP contribution in [-0.2, 0) is 6.54 Å². The highest BCUT2D eigenvalue weighted by Gasteiger charge is 2.11. The number of aromatic nitrogens is 3. The Labute approximate surface area is 126 Å². The van der Waals surface area contributed by atoms with Crippen LogP contribution in [0.4, 0.5) is 11.9 Å². The number of halogens is 1. The van der Waals surface area contributed by atoms with Crippen LogP contribution in [0.3, 0.4) is 0 Å². The maximum absolute atomic E-state index is 5.67. The van der Waals surface area contributed by atoms with Crippen LogP contribution in [-0.4, -0.2) is 28.6 Å². The average Bonchev–Trinajstić information content (AvgIpc) is 2.41. The lowest BCUT2D eigenvalue weighted by Crippen LogP contribution is -2.20. The largest absolute Gasteiger partial charge is 0.464 e. The summed E-state index contributed by atoms with van der Waals surface area (Å²) in [6.07, 6.45) is 0. The number of rotatable bonds is 5. The lowest BCUT2D eigenvalue weighted by molar-refractivity contribution is 0.312. The van der Waals surface area contributed by atoms with Gasteiger partial charge in [-0.15, -0.1) is 0 Å². The van der Waals surface area contributed by atoms with Gasteiger partial charge in [0.05, 0.1) is 6.61 Å². The summed E-state index contributed by atoms with van der Waals surface area (Å²) in [4.78, 5) is 14.2. The van der Waals surface area contributed by atoms with Gasteiger partial charge in [0.1, 0.15) is 0 Å². The standard InChI is InChI=1S/C13H16BrN5O/c1-3-20-13-17-11(15)16-12(18-13)19(2)8-9-6-4-5-7-10(9)14/h4-7H,3,8H2,1-2H3,(H2,15,16,17,18). The highest BCUT2D eigenvalue weighted by molar-refractivity contribution is 9.10. The first-order chi connectivity index (χ1) is 9.60. The third-order valence-electron chi connectivity index (χ3n) is 2.60. The molecule has 106 valence electrons. The zero-order valence-corrected chi connectivity index (χ0v) is 13.0. The molecule has 0 aliphatic rings. The molecule has 0 aliphatic carbocycles. The quantitative estimate of drug-likeness (QED) is 0.901. The summed E-state index contributed by atoms with van der Waals surface area (Å²) >= 11 is 3.52. The number of hydrogen-bond donors (Lipinski definition) is 1. The molecule has 7 heteroatoms. The molecular weight excluding hydrogens is 322 g/mol. The molecule has 0 fully saturated rings. The number of nitrogens with zero attached hydrogens (tertiary/aromatic N) is 4. The summed E-state index contributed by atoms with van der Waals surface area (Å²) in [5, 5.41) is 0. The molecule has 0 saturated heterocycles. The van der Waals surface area contributed by atoms with E-state index in [0.717, 1.165) is 10.0 Å². The van der Waals surface area contributed by atoms with Crippen molar-refractivity contribution in [1.82, 2.24) is 15.0 Å². The fourth-order valence-corrected chi connectivity index (χ4v) is 2.09. The van der Waals surface area contributed by atoms with Gasteiger partial charge in [0.25, 0.3) is 0 Å². The van der Waals surface area contributed by atoms with Crippen LogP contribution in [0.5, 0.6) is 6.01 Å². The van der Waals surface area contributed by atoms with E-state index in [0.29, 0.717) is 19.1 Å². The predicted octanol–water partition coefficient (Wildman–Crippen LogP) is 2.25. The van der Waals surface area contributed by atoms with Crippen molar-refractivity contribution in [2.45, 2.75) is 13.5 Å². The Kier molecular flexibility index (Phi) is 4.73. The third kappa shape index (κ3) is 3.57. The molecule has 0 bridgehead atoms. The first kappa shape index (κ1) is 14.5. The van der Waals surface area contributed by atoms with Crippen molar-refractivity contribution < 1.29 is 4.74 Å². The third-order valence-corrected chi connectivity index (χ3v) is 3.37. The van der Waals surface area contributed by atoms with E-state index in [1.54, 1.807) is 0 Å². The van der Waals surface area contributed by atoms with Gasteiger partial charge in [0.15, 0.2) is 0 Å². The van der Waals surface area contributed by atoms with Gasteiger partial charge >= 0.3 is 6.01 Å². The molecule has 1 aromatic heterocycles. The molecule has 0 atom stereocenters. The van der Waals surface area contributed by atoms with Crippen LogP contribution < -0.4 is 15.4 Å². The van der Waals surface area contributed by atoms with Gasteiger partial charge in [0.2, 0.25) is 11.9 Å². The van der Waals surface area contributed by atoms with E-state index in [1.165, 1.54) is 0 Å². The highest BCUT2D eigenvalue weighted by atomic mass is 79.9. The first-order valence-electron chi connectivity index (χ1n) is 6.19. The summed E-state index contributed by atoms with van der Waals surface area (Å²) in [6.45, 7) is 3.00. The summed E-state index contributed by atoms with van der Waals surface area (Å²) in [5.41, 5.74) is 6.80. The summed E-state index contributed by atoms with van der Waals surface area (Å²) in [5.74, 6) is 0.633. The van der Waals surface area contributed by atoms with E-state index < -0.39 is 0 Å². The predicted molar refractivity (Wildman–Crippen MR) is 81.7 cm³/mol. The average molecular weight is 338 g/mol. The molecule has 0 radical (unpaired) electrons. The van der Waals surface area contributed by atoms with Crippen molar-refractivity contribution in [2.75, 3.05) is 24.3 Å². The number of nitrogen functional groups attached to an aromatic ring is 1. The molecule has 0 amide bonds. The van der Waals surface area contributed by atoms with Crippen molar-refractivity contribution in [3.05, 3.63) is 34.3 Å². The molecule has 0 unspecified atom stereocenters. The Bertz CT molecular complexity index is 593. The normalized spacial score (nSPS) is 10.3. The minimum Gasteiger partial charge on any atom is -0.464 e. The Morgan fingerprint density at radius 3 is 2.70 bits per heavy atom. The van der Waals surface area contributed by atoms with Gasteiger partial charge in [-0.2, -0.15) is 15.0 Å². The van der Waals surface area contributed by atoms with Crippen molar-refractivity contribution in [2.24, 2.45) is 0 Å². The van der Waals surface area contributed by atoms with E-state index in [4.69, 9.17) is 10.5 Å². The van der Waals surface area contributed by atoms with Crippen molar-refractivity contribution >= 4 is 27.8 Å². The molecule has 0 spiro atoms. The number of hydrogen-bond acceptors (Lipinski definition) is 6. The molecule has 1 aromatic carbocycles. The lowest BCUT2D eigenvalue weighted by Gasteiger charge is -2.18. The van der Waals surface area contributed by atoms with E-state index in [9.17, 15) is 0 Å². The lowest BCUT2D eigenvalue weighted by atomic mass is 10.2. The minimum absolute atomic E-state index is 0.150. The molecule has 2 N–H and O–H groups in total. The monoisotopic (exact) mass is 337 g/mol. The minimum atomic E-state index is 0.150. The Hall–Kier alpha value is -1.89. The molecule has 2 aromatic rings. The maximum Gasteiger partial charge on any atom is 0.323 e. The van der Waals surface area contributed by atoms with Crippen LogP contribution >= 0.6 is 15.9 Å². The summed E-state index contributed by atoms with van der Waals surface area (Å²) in [7, 11) is 1.89. The molecular formula is C13H16BrN5O. The smallest absolute Gasteiger partial charge is 0.323 e. The van der Waals surface area contributed by atoms with Crippen LogP contribution in [0, 0.1) is 0 Å². The van der Waals surface area contributed by atoms with E-state index in [2.05, 4.69) is 30.9 Å². The van der Waals surface area contributed by atoms with Crippen molar-refractivity contribution in [1.29, 1.82) is 0 Å². The van der Waals surface area contributed by atoms with Crippen LogP contribution in [0.2, 0.25) is 0 Å². The second-order valence-electron chi connectivity index (χ2n) is 4.16. The van der Waals surface area contributed by atoms with Crippen molar-refractivity contribution in [3.63, 3.8) is 0 Å². The summed E-state index contributed by atoms with van der Waals surface area (Å²) in [6, 6.07) is 8.24. The molecule has 0 aliphatic heterocycles. The van der Waals surface area contributed by atoms with Gasteiger partial charge in [-0.3, -0.25) is 0 Å². The van der Waals surface area contributed by atoms with E-state index in [1.807, 2.05) is 43.1 Å². The zero-order valence-electron chi connectivity index (χ0n) is 11.4. The molecule has 1 heterocycles. The van der Waals surface area contributed by atoms with Gasteiger partial charge in [-0.1, -0.05) is 34.1 Å². The van der Waals surface area contributed by atoms with Gasteiger partial charge in [-0.25, -0.2) is 0 Å². The first-order valence-corrected chi connectivity index (χ1v) is 6.98. The van der Waals surface area contributed by atoms with Gasteiger partial charge in [-0.05, 0) is 18.6 Å². The fraction of sp³-hybridized carbons (Fsp3) is 0.308. The van der Waals surface area contributed by atoms with Crippen molar-refractivity contribution in [3.8, 4) is 6.01 Å².